The Kier molecular flexibility index (Phi) is 3.20. The summed E-state index contributed by atoms with van der Waals surface area (Å²) in [6.45, 7) is 10.3. The molecule has 0 N–H and O–H groups in total. The number of ether oxygens (including phenoxy) is 1. The Balaban J connectivity index is 2.22. The summed E-state index contributed by atoms with van der Waals surface area (Å²) in [7, 11) is 0. The topological polar surface area (TPSA) is 9.23 Å². The SMILES string of the molecule is CCC[C@@H]1OC[C@@H]2[C@H](C)[C@@H]1C(C)=C[C@H]2C. The lowest BCUT2D eigenvalue weighted by Crippen LogP contribution is -2.46. The smallest absolute Gasteiger partial charge is 0.0642 e. The van der Waals surface area contributed by atoms with E-state index in [4.69, 9.17) is 4.74 Å². The van der Waals surface area contributed by atoms with Gasteiger partial charge in [-0.15, -0.1) is 0 Å². The monoisotopic (exact) mass is 208 g/mol. The van der Waals surface area contributed by atoms with Gasteiger partial charge in [-0.25, -0.2) is 0 Å². The van der Waals surface area contributed by atoms with Crippen molar-refractivity contribution >= 4 is 0 Å². The standard InChI is InChI=1S/C14H24O/c1-5-6-13-14-10(3)7-9(2)12(8-15-13)11(14)4/h7,9,11-14H,5-6,8H2,1-4H3/t9-,11+,12+,13+,14+/m1/s1. The van der Waals surface area contributed by atoms with E-state index in [-0.39, 0.29) is 0 Å². The predicted octanol–water partition coefficient (Wildman–Crippen LogP) is 3.65. The molecule has 2 rings (SSSR count). The van der Waals surface area contributed by atoms with Gasteiger partial charge < -0.3 is 4.74 Å². The molecule has 2 aliphatic rings. The average Bonchev–Trinajstić information content (AvgIpc) is 2.15. The molecule has 0 aromatic carbocycles. The Bertz CT molecular complexity index is 256. The molecular weight excluding hydrogens is 184 g/mol. The minimum atomic E-state index is 0.491. The van der Waals surface area contributed by atoms with Crippen molar-refractivity contribution in [2.75, 3.05) is 6.61 Å². The highest BCUT2D eigenvalue weighted by Crippen LogP contribution is 2.45. The Hall–Kier alpha value is -0.300. The molecule has 1 aliphatic heterocycles. The number of hydrogen-bond donors (Lipinski definition) is 0. The number of allylic oxidation sites excluding steroid dienone is 1. The number of hydrogen-bond acceptors (Lipinski definition) is 1. The van der Waals surface area contributed by atoms with Gasteiger partial charge in [0.1, 0.15) is 0 Å². The van der Waals surface area contributed by atoms with Crippen molar-refractivity contribution in [2.45, 2.75) is 46.6 Å². The summed E-state index contributed by atoms with van der Waals surface area (Å²) in [4.78, 5) is 0. The highest BCUT2D eigenvalue weighted by Gasteiger charge is 2.42. The van der Waals surface area contributed by atoms with Crippen LogP contribution in [0.15, 0.2) is 11.6 Å². The van der Waals surface area contributed by atoms with Gasteiger partial charge in [-0.05, 0) is 31.1 Å². The quantitative estimate of drug-likeness (QED) is 0.629. The van der Waals surface area contributed by atoms with E-state index in [0.29, 0.717) is 17.9 Å². The lowest BCUT2D eigenvalue weighted by molar-refractivity contribution is -0.0939. The molecule has 5 atom stereocenters. The summed E-state index contributed by atoms with van der Waals surface area (Å²) in [6.07, 6.45) is 5.44. The summed E-state index contributed by atoms with van der Waals surface area (Å²) < 4.78 is 6.06. The predicted molar refractivity (Wildman–Crippen MR) is 63.7 cm³/mol. The van der Waals surface area contributed by atoms with Gasteiger partial charge in [0.25, 0.3) is 0 Å². The molecule has 0 unspecified atom stereocenters. The molecule has 0 spiro atoms. The van der Waals surface area contributed by atoms with E-state index in [1.54, 1.807) is 5.57 Å². The molecule has 0 amide bonds. The van der Waals surface area contributed by atoms with E-state index in [2.05, 4.69) is 33.8 Å². The molecule has 0 radical (unpaired) electrons. The van der Waals surface area contributed by atoms with E-state index >= 15 is 0 Å². The maximum Gasteiger partial charge on any atom is 0.0642 e. The molecule has 1 nitrogen and oxygen atoms in total. The van der Waals surface area contributed by atoms with Crippen LogP contribution in [-0.4, -0.2) is 12.7 Å². The Labute approximate surface area is 93.9 Å². The van der Waals surface area contributed by atoms with Gasteiger partial charge in [-0.3, -0.25) is 0 Å². The lowest BCUT2D eigenvalue weighted by atomic mass is 9.65. The zero-order chi connectivity index (χ0) is 11.0. The van der Waals surface area contributed by atoms with Crippen molar-refractivity contribution in [3.8, 4) is 0 Å². The molecular formula is C14H24O. The zero-order valence-corrected chi connectivity index (χ0v) is 10.5. The van der Waals surface area contributed by atoms with Crippen molar-refractivity contribution < 1.29 is 4.74 Å². The van der Waals surface area contributed by atoms with Crippen LogP contribution in [0.3, 0.4) is 0 Å². The van der Waals surface area contributed by atoms with E-state index in [1.165, 1.54) is 12.8 Å². The second kappa shape index (κ2) is 4.29. The summed E-state index contributed by atoms with van der Waals surface area (Å²) in [6, 6.07) is 0. The van der Waals surface area contributed by atoms with Crippen molar-refractivity contribution in [3.05, 3.63) is 11.6 Å². The van der Waals surface area contributed by atoms with Crippen molar-refractivity contribution in [2.24, 2.45) is 23.7 Å². The van der Waals surface area contributed by atoms with Crippen LogP contribution in [0.4, 0.5) is 0 Å². The first kappa shape index (κ1) is 11.2. The average molecular weight is 208 g/mol. The molecule has 0 aromatic rings. The molecule has 1 heterocycles. The fourth-order valence-electron chi connectivity index (χ4n) is 3.63. The van der Waals surface area contributed by atoms with Crippen LogP contribution >= 0.6 is 0 Å². The van der Waals surface area contributed by atoms with Gasteiger partial charge >= 0.3 is 0 Å². The lowest BCUT2D eigenvalue weighted by Gasteiger charge is -2.47. The van der Waals surface area contributed by atoms with E-state index < -0.39 is 0 Å². The molecule has 0 aromatic heterocycles. The van der Waals surface area contributed by atoms with Crippen LogP contribution in [0.2, 0.25) is 0 Å². The third-order valence-corrected chi connectivity index (χ3v) is 4.45. The molecule has 1 fully saturated rings. The Morgan fingerprint density at radius 1 is 1.40 bits per heavy atom. The largest absolute Gasteiger partial charge is 0.377 e. The molecule has 1 saturated heterocycles. The van der Waals surface area contributed by atoms with Crippen molar-refractivity contribution in [1.29, 1.82) is 0 Å². The molecule has 0 saturated carbocycles. The zero-order valence-electron chi connectivity index (χ0n) is 10.5. The summed E-state index contributed by atoms with van der Waals surface area (Å²) in [5.41, 5.74) is 1.57. The van der Waals surface area contributed by atoms with Crippen molar-refractivity contribution in [1.82, 2.24) is 0 Å². The highest BCUT2D eigenvalue weighted by atomic mass is 16.5. The van der Waals surface area contributed by atoms with Crippen LogP contribution in [0, 0.1) is 23.7 Å². The minimum absolute atomic E-state index is 0.491. The molecule has 86 valence electrons. The normalized spacial score (nSPS) is 45.1. The van der Waals surface area contributed by atoms with Gasteiger partial charge in [-0.2, -0.15) is 0 Å². The molecule has 15 heavy (non-hydrogen) atoms. The summed E-state index contributed by atoms with van der Waals surface area (Å²) >= 11 is 0. The van der Waals surface area contributed by atoms with E-state index in [1.807, 2.05) is 0 Å². The maximum absolute atomic E-state index is 6.06. The molecule has 2 bridgehead atoms. The third-order valence-electron chi connectivity index (χ3n) is 4.45. The van der Waals surface area contributed by atoms with Crippen LogP contribution in [0.1, 0.15) is 40.5 Å². The van der Waals surface area contributed by atoms with Crippen LogP contribution < -0.4 is 0 Å². The summed E-state index contributed by atoms with van der Waals surface area (Å²) in [5.74, 6) is 2.97. The highest BCUT2D eigenvalue weighted by molar-refractivity contribution is 5.16. The number of rotatable bonds is 2. The van der Waals surface area contributed by atoms with E-state index in [9.17, 15) is 0 Å². The van der Waals surface area contributed by atoms with Gasteiger partial charge in [0.05, 0.1) is 12.7 Å². The molecule has 1 aliphatic carbocycles. The van der Waals surface area contributed by atoms with Gasteiger partial charge in [0, 0.05) is 5.92 Å². The van der Waals surface area contributed by atoms with Gasteiger partial charge in [-0.1, -0.05) is 38.8 Å². The third kappa shape index (κ3) is 1.87. The number of fused-ring (bicyclic) bond motifs is 2. The second-order valence-corrected chi connectivity index (χ2v) is 5.48. The first-order chi connectivity index (χ1) is 7.15. The minimum Gasteiger partial charge on any atom is -0.377 e. The van der Waals surface area contributed by atoms with Crippen LogP contribution in [0.5, 0.6) is 0 Å². The summed E-state index contributed by atoms with van der Waals surface area (Å²) in [5, 5.41) is 0. The Morgan fingerprint density at radius 3 is 2.80 bits per heavy atom. The van der Waals surface area contributed by atoms with Gasteiger partial charge in [0.2, 0.25) is 0 Å². The fraction of sp³-hybridized carbons (Fsp3) is 0.857. The van der Waals surface area contributed by atoms with Crippen molar-refractivity contribution in [3.63, 3.8) is 0 Å². The fourth-order valence-corrected chi connectivity index (χ4v) is 3.63. The Morgan fingerprint density at radius 2 is 2.13 bits per heavy atom. The molecule has 1 heteroatoms. The van der Waals surface area contributed by atoms with E-state index in [0.717, 1.165) is 18.4 Å². The van der Waals surface area contributed by atoms with Crippen LogP contribution in [0.25, 0.3) is 0 Å². The first-order valence-electron chi connectivity index (χ1n) is 6.45. The van der Waals surface area contributed by atoms with Gasteiger partial charge in [0.15, 0.2) is 0 Å². The first-order valence-corrected chi connectivity index (χ1v) is 6.45. The maximum atomic E-state index is 6.06. The van der Waals surface area contributed by atoms with Crippen LogP contribution in [-0.2, 0) is 4.74 Å². The second-order valence-electron chi connectivity index (χ2n) is 5.48.